The molecule has 1 fully saturated rings. The molecule has 0 spiro atoms. The highest BCUT2D eigenvalue weighted by Crippen LogP contribution is 2.42. The SMILES string of the molecule is C[C@H]1CCCC[C@H]1NC(=O)c1ccc2c(c1)N(C)C(=O)/C(=C\c1ccccc1)S2. The lowest BCUT2D eigenvalue weighted by Gasteiger charge is -2.30. The fourth-order valence-corrected chi connectivity index (χ4v) is 5.11. The lowest BCUT2D eigenvalue weighted by atomic mass is 9.86. The second-order valence-electron chi connectivity index (χ2n) is 7.91. The number of rotatable bonds is 3. The van der Waals surface area contributed by atoms with Gasteiger partial charge in [0.2, 0.25) is 0 Å². The lowest BCUT2D eigenvalue weighted by Crippen LogP contribution is -2.41. The Morgan fingerprint density at radius 2 is 1.90 bits per heavy atom. The summed E-state index contributed by atoms with van der Waals surface area (Å²) in [6, 6.07) is 15.7. The largest absolute Gasteiger partial charge is 0.349 e. The molecule has 1 heterocycles. The van der Waals surface area contributed by atoms with E-state index in [0.29, 0.717) is 16.4 Å². The molecule has 4 rings (SSSR count). The van der Waals surface area contributed by atoms with Crippen LogP contribution in [0.5, 0.6) is 0 Å². The number of fused-ring (bicyclic) bond motifs is 1. The van der Waals surface area contributed by atoms with Gasteiger partial charge in [-0.25, -0.2) is 0 Å². The molecule has 0 unspecified atom stereocenters. The Morgan fingerprint density at radius 3 is 2.66 bits per heavy atom. The predicted molar refractivity (Wildman–Crippen MR) is 119 cm³/mol. The zero-order chi connectivity index (χ0) is 20.4. The molecule has 1 aliphatic heterocycles. The molecule has 5 heteroatoms. The summed E-state index contributed by atoms with van der Waals surface area (Å²) in [4.78, 5) is 29.0. The van der Waals surface area contributed by atoms with Crippen molar-refractivity contribution in [3.8, 4) is 0 Å². The van der Waals surface area contributed by atoms with E-state index in [2.05, 4.69) is 12.2 Å². The predicted octanol–water partition coefficient (Wildman–Crippen LogP) is 5.10. The van der Waals surface area contributed by atoms with E-state index in [1.807, 2.05) is 54.6 Å². The number of hydrogen-bond donors (Lipinski definition) is 1. The molecule has 29 heavy (non-hydrogen) atoms. The zero-order valence-corrected chi connectivity index (χ0v) is 17.7. The van der Waals surface area contributed by atoms with E-state index in [1.54, 1.807) is 11.9 Å². The average molecular weight is 407 g/mol. The van der Waals surface area contributed by atoms with Crippen LogP contribution in [0.2, 0.25) is 0 Å². The van der Waals surface area contributed by atoms with Gasteiger partial charge in [0.05, 0.1) is 10.6 Å². The van der Waals surface area contributed by atoms with Gasteiger partial charge in [-0.2, -0.15) is 0 Å². The minimum absolute atomic E-state index is 0.0511. The molecule has 2 atom stereocenters. The quantitative estimate of drug-likeness (QED) is 0.721. The topological polar surface area (TPSA) is 49.4 Å². The van der Waals surface area contributed by atoms with Gasteiger partial charge in [-0.1, -0.05) is 61.9 Å². The summed E-state index contributed by atoms with van der Waals surface area (Å²) in [5, 5.41) is 3.20. The van der Waals surface area contributed by atoms with E-state index in [0.717, 1.165) is 22.6 Å². The standard InChI is InChI=1S/C24H26N2O2S/c1-16-8-6-7-11-19(16)25-23(27)18-12-13-21-20(15-18)26(2)24(28)22(29-21)14-17-9-4-3-5-10-17/h3-5,9-10,12-16,19H,6-8,11H2,1-2H3,(H,25,27)/b22-14+/t16-,19+/m0/s1. The van der Waals surface area contributed by atoms with E-state index in [9.17, 15) is 9.59 Å². The van der Waals surface area contributed by atoms with Gasteiger partial charge in [-0.05, 0) is 48.6 Å². The Hall–Kier alpha value is -2.53. The van der Waals surface area contributed by atoms with Crippen LogP contribution in [0.25, 0.3) is 6.08 Å². The highest BCUT2D eigenvalue weighted by molar-refractivity contribution is 8.04. The summed E-state index contributed by atoms with van der Waals surface area (Å²) in [5.74, 6) is 0.406. The third-order valence-electron chi connectivity index (χ3n) is 5.84. The minimum Gasteiger partial charge on any atom is -0.349 e. The molecule has 1 aliphatic carbocycles. The van der Waals surface area contributed by atoms with Gasteiger partial charge in [0.15, 0.2) is 0 Å². The Kier molecular flexibility index (Phi) is 5.76. The minimum atomic E-state index is -0.0528. The maximum atomic E-state index is 12.9. The van der Waals surface area contributed by atoms with Crippen molar-refractivity contribution in [3.05, 3.63) is 64.6 Å². The third-order valence-corrected chi connectivity index (χ3v) is 6.92. The van der Waals surface area contributed by atoms with Crippen LogP contribution in [0, 0.1) is 5.92 Å². The number of nitrogens with zero attached hydrogens (tertiary/aromatic N) is 1. The summed E-state index contributed by atoms with van der Waals surface area (Å²) in [6.45, 7) is 2.21. The molecule has 0 radical (unpaired) electrons. The fourth-order valence-electron chi connectivity index (χ4n) is 4.02. The molecule has 1 N–H and O–H groups in total. The average Bonchev–Trinajstić information content (AvgIpc) is 2.74. The van der Waals surface area contributed by atoms with Gasteiger partial charge < -0.3 is 10.2 Å². The number of hydrogen-bond acceptors (Lipinski definition) is 3. The second-order valence-corrected chi connectivity index (χ2v) is 8.99. The maximum Gasteiger partial charge on any atom is 0.264 e. The van der Waals surface area contributed by atoms with Crippen LogP contribution in [0.15, 0.2) is 58.3 Å². The summed E-state index contributed by atoms with van der Waals surface area (Å²) in [5.41, 5.74) is 2.39. The molecule has 4 nitrogen and oxygen atoms in total. The van der Waals surface area contributed by atoms with E-state index in [4.69, 9.17) is 0 Å². The van der Waals surface area contributed by atoms with Gasteiger partial charge in [-0.3, -0.25) is 9.59 Å². The van der Waals surface area contributed by atoms with Crippen LogP contribution in [-0.2, 0) is 4.79 Å². The Labute approximate surface area is 176 Å². The molecule has 2 amide bonds. The van der Waals surface area contributed by atoms with Crippen LogP contribution >= 0.6 is 11.8 Å². The summed E-state index contributed by atoms with van der Waals surface area (Å²) in [7, 11) is 1.77. The molecule has 2 aromatic carbocycles. The van der Waals surface area contributed by atoms with E-state index >= 15 is 0 Å². The number of likely N-dealkylation sites (N-methyl/N-ethyl adjacent to an activating group) is 1. The number of benzene rings is 2. The van der Waals surface area contributed by atoms with Crippen LogP contribution in [0.4, 0.5) is 5.69 Å². The van der Waals surface area contributed by atoms with Gasteiger partial charge in [-0.15, -0.1) is 0 Å². The first-order valence-electron chi connectivity index (χ1n) is 10.2. The van der Waals surface area contributed by atoms with Gasteiger partial charge in [0.25, 0.3) is 11.8 Å². The van der Waals surface area contributed by atoms with Crippen molar-refractivity contribution < 1.29 is 9.59 Å². The number of thioether (sulfide) groups is 1. The summed E-state index contributed by atoms with van der Waals surface area (Å²) < 4.78 is 0. The van der Waals surface area contributed by atoms with Crippen LogP contribution in [0.3, 0.4) is 0 Å². The Morgan fingerprint density at radius 1 is 1.14 bits per heavy atom. The summed E-state index contributed by atoms with van der Waals surface area (Å²) in [6.07, 6.45) is 6.54. The molecule has 0 saturated heterocycles. The van der Waals surface area contributed by atoms with Gasteiger partial charge in [0.1, 0.15) is 0 Å². The van der Waals surface area contributed by atoms with Crippen molar-refractivity contribution in [1.82, 2.24) is 5.32 Å². The lowest BCUT2D eigenvalue weighted by molar-refractivity contribution is -0.114. The first-order chi connectivity index (χ1) is 14.0. The summed E-state index contributed by atoms with van der Waals surface area (Å²) >= 11 is 1.46. The molecule has 0 aromatic heterocycles. The normalized spacial score (nSPS) is 23.0. The van der Waals surface area contributed by atoms with Crippen LogP contribution in [0.1, 0.15) is 48.5 Å². The molecule has 2 aliphatic rings. The fraction of sp³-hybridized carbons (Fsp3) is 0.333. The van der Waals surface area contributed by atoms with E-state index < -0.39 is 0 Å². The van der Waals surface area contributed by atoms with Crippen molar-refractivity contribution in [1.29, 1.82) is 0 Å². The highest BCUT2D eigenvalue weighted by atomic mass is 32.2. The first-order valence-corrected chi connectivity index (χ1v) is 11.0. The second kappa shape index (κ2) is 8.46. The van der Waals surface area contributed by atoms with Gasteiger partial charge >= 0.3 is 0 Å². The molecule has 150 valence electrons. The van der Waals surface area contributed by atoms with E-state index in [-0.39, 0.29) is 17.9 Å². The van der Waals surface area contributed by atoms with Crippen molar-refractivity contribution in [3.63, 3.8) is 0 Å². The van der Waals surface area contributed by atoms with Crippen LogP contribution < -0.4 is 10.2 Å². The molecular weight excluding hydrogens is 380 g/mol. The number of carbonyl (C=O) groups is 2. The maximum absolute atomic E-state index is 12.9. The number of amides is 2. The van der Waals surface area contributed by atoms with Crippen molar-refractivity contribution in [2.45, 2.75) is 43.5 Å². The Balaban J connectivity index is 1.55. The number of anilines is 1. The first kappa shape index (κ1) is 19.8. The molecular formula is C24H26N2O2S. The third kappa shape index (κ3) is 4.25. The number of carbonyl (C=O) groups excluding carboxylic acids is 2. The molecule has 2 aromatic rings. The van der Waals surface area contributed by atoms with Gasteiger partial charge in [0, 0.05) is 23.5 Å². The van der Waals surface area contributed by atoms with Crippen LogP contribution in [-0.4, -0.2) is 24.9 Å². The molecule has 0 bridgehead atoms. The van der Waals surface area contributed by atoms with Crippen molar-refractivity contribution in [2.24, 2.45) is 5.92 Å². The van der Waals surface area contributed by atoms with E-state index in [1.165, 1.54) is 31.0 Å². The highest BCUT2D eigenvalue weighted by Gasteiger charge is 2.28. The zero-order valence-electron chi connectivity index (χ0n) is 16.9. The van der Waals surface area contributed by atoms with Crippen molar-refractivity contribution in [2.75, 3.05) is 11.9 Å². The Bertz CT molecular complexity index is 955. The van der Waals surface area contributed by atoms with Crippen molar-refractivity contribution >= 4 is 35.3 Å². The molecule has 1 saturated carbocycles. The number of nitrogens with one attached hydrogen (secondary N) is 1. The smallest absolute Gasteiger partial charge is 0.264 e. The monoisotopic (exact) mass is 406 g/mol.